The molecule has 0 radical (unpaired) electrons. The average molecular weight is 357 g/mol. The second-order valence-corrected chi connectivity index (χ2v) is 8.01. The van der Waals surface area contributed by atoms with E-state index in [1.54, 1.807) is 20.8 Å². The van der Waals surface area contributed by atoms with E-state index in [0.717, 1.165) is 6.42 Å². The second-order valence-electron chi connectivity index (χ2n) is 8.01. The average Bonchev–Trinajstić information content (AvgIpc) is 2.40. The van der Waals surface area contributed by atoms with Crippen LogP contribution in [0.5, 0.6) is 0 Å². The van der Waals surface area contributed by atoms with Gasteiger partial charge in [-0.1, -0.05) is 20.3 Å². The molecule has 0 aromatic heterocycles. The molecule has 1 saturated heterocycles. The molecule has 7 heteroatoms. The van der Waals surface area contributed by atoms with Crippen molar-refractivity contribution in [3.8, 4) is 0 Å². The molecule has 0 unspecified atom stereocenters. The summed E-state index contributed by atoms with van der Waals surface area (Å²) in [5.74, 6) is -3.18. The van der Waals surface area contributed by atoms with E-state index in [-0.39, 0.29) is 18.4 Å². The van der Waals surface area contributed by atoms with Crippen molar-refractivity contribution in [1.82, 2.24) is 5.32 Å². The molecule has 1 aliphatic rings. The molecular weight excluding hydrogens is 326 g/mol. The number of hydrogen-bond acceptors (Lipinski definition) is 6. The monoisotopic (exact) mass is 357 g/mol. The van der Waals surface area contributed by atoms with Crippen molar-refractivity contribution in [3.05, 3.63) is 0 Å². The lowest BCUT2D eigenvalue weighted by Crippen LogP contribution is -2.47. The van der Waals surface area contributed by atoms with Crippen LogP contribution in [0.15, 0.2) is 0 Å². The standard InChI is InChI=1S/C18H31NO6/c1-8-11(2)13(19-16(22)25-17(3,4)5)10-9-12-14(20)23-18(6,7)24-15(12)21/h11-13H,8-10H2,1-7H3,(H,19,22)/t11-,13+/m0/s1. The first-order chi connectivity index (χ1) is 11.3. The molecule has 1 N–H and O–H groups in total. The zero-order valence-electron chi connectivity index (χ0n) is 16.3. The number of carbonyl (C=O) groups excluding carboxylic acids is 3. The fourth-order valence-electron chi connectivity index (χ4n) is 2.57. The normalized spacial score (nSPS) is 20.3. The molecule has 0 aromatic carbocycles. The Morgan fingerprint density at radius 3 is 2.20 bits per heavy atom. The molecule has 1 rings (SSSR count). The highest BCUT2D eigenvalue weighted by Crippen LogP contribution is 2.27. The van der Waals surface area contributed by atoms with E-state index in [9.17, 15) is 14.4 Å². The Morgan fingerprint density at radius 1 is 1.24 bits per heavy atom. The van der Waals surface area contributed by atoms with E-state index in [0.29, 0.717) is 6.42 Å². The van der Waals surface area contributed by atoms with Crippen molar-refractivity contribution in [2.75, 3.05) is 0 Å². The molecule has 25 heavy (non-hydrogen) atoms. The van der Waals surface area contributed by atoms with Gasteiger partial charge in [0.2, 0.25) is 0 Å². The van der Waals surface area contributed by atoms with Crippen molar-refractivity contribution >= 4 is 18.0 Å². The number of ether oxygens (including phenoxy) is 3. The summed E-state index contributed by atoms with van der Waals surface area (Å²) in [5.41, 5.74) is -0.591. The molecule has 0 aliphatic carbocycles. The lowest BCUT2D eigenvalue weighted by Gasteiger charge is -2.33. The Hall–Kier alpha value is -1.79. The number of cyclic esters (lactones) is 2. The van der Waals surface area contributed by atoms with Crippen LogP contribution in [0.3, 0.4) is 0 Å². The second kappa shape index (κ2) is 8.06. The highest BCUT2D eigenvalue weighted by molar-refractivity contribution is 5.96. The summed E-state index contributed by atoms with van der Waals surface area (Å²) < 4.78 is 15.5. The maximum absolute atomic E-state index is 12.0. The molecule has 7 nitrogen and oxygen atoms in total. The molecule has 0 spiro atoms. The summed E-state index contributed by atoms with van der Waals surface area (Å²) in [5, 5.41) is 2.84. The van der Waals surface area contributed by atoms with Gasteiger partial charge >= 0.3 is 18.0 Å². The maximum Gasteiger partial charge on any atom is 0.407 e. The van der Waals surface area contributed by atoms with Gasteiger partial charge < -0.3 is 19.5 Å². The van der Waals surface area contributed by atoms with Crippen molar-refractivity contribution in [3.63, 3.8) is 0 Å². The van der Waals surface area contributed by atoms with E-state index in [2.05, 4.69) is 5.32 Å². The van der Waals surface area contributed by atoms with Crippen LogP contribution in [0.4, 0.5) is 4.79 Å². The fraction of sp³-hybridized carbons (Fsp3) is 0.833. The first kappa shape index (κ1) is 21.3. The van der Waals surface area contributed by atoms with Crippen LogP contribution >= 0.6 is 0 Å². The predicted octanol–water partition coefficient (Wildman–Crippen LogP) is 3.16. The maximum atomic E-state index is 12.0. The Balaban J connectivity index is 2.69. The number of hydrogen-bond donors (Lipinski definition) is 1. The number of rotatable bonds is 6. The van der Waals surface area contributed by atoms with Gasteiger partial charge in [0.25, 0.3) is 5.79 Å². The Morgan fingerprint density at radius 2 is 1.76 bits per heavy atom. The third-order valence-electron chi connectivity index (χ3n) is 4.06. The largest absolute Gasteiger partial charge is 0.444 e. The van der Waals surface area contributed by atoms with Crippen molar-refractivity contribution in [1.29, 1.82) is 0 Å². The van der Waals surface area contributed by atoms with E-state index in [1.807, 2.05) is 13.8 Å². The predicted molar refractivity (Wildman–Crippen MR) is 91.6 cm³/mol. The van der Waals surface area contributed by atoms with Crippen molar-refractivity contribution < 1.29 is 28.6 Å². The number of esters is 2. The summed E-state index contributed by atoms with van der Waals surface area (Å²) in [6.45, 7) is 12.4. The van der Waals surface area contributed by atoms with Crippen LogP contribution in [-0.2, 0) is 23.8 Å². The van der Waals surface area contributed by atoms with Gasteiger partial charge in [0.15, 0.2) is 5.92 Å². The zero-order chi connectivity index (χ0) is 19.4. The van der Waals surface area contributed by atoms with Gasteiger partial charge in [0.1, 0.15) is 5.60 Å². The minimum absolute atomic E-state index is 0.166. The van der Waals surface area contributed by atoms with E-state index >= 15 is 0 Å². The van der Waals surface area contributed by atoms with Crippen LogP contribution in [0.25, 0.3) is 0 Å². The van der Waals surface area contributed by atoms with Crippen LogP contribution in [0.2, 0.25) is 0 Å². The quantitative estimate of drug-likeness (QED) is 0.580. The molecule has 0 aromatic rings. The molecule has 1 aliphatic heterocycles. The van der Waals surface area contributed by atoms with E-state index in [1.165, 1.54) is 13.8 Å². The molecule has 0 saturated carbocycles. The summed E-state index contributed by atoms with van der Waals surface area (Å²) in [7, 11) is 0. The Bertz CT molecular complexity index is 488. The van der Waals surface area contributed by atoms with E-state index in [4.69, 9.17) is 14.2 Å². The minimum atomic E-state index is -1.23. The SMILES string of the molecule is CC[C@H](C)[C@@H](CCC1C(=O)OC(C)(C)OC1=O)NC(=O)OC(C)(C)C. The summed E-state index contributed by atoms with van der Waals surface area (Å²) in [6, 6.07) is -0.213. The van der Waals surface area contributed by atoms with E-state index < -0.39 is 35.3 Å². The lowest BCUT2D eigenvalue weighted by molar-refractivity contribution is -0.240. The highest BCUT2D eigenvalue weighted by Gasteiger charge is 2.43. The third-order valence-corrected chi connectivity index (χ3v) is 4.06. The van der Waals surface area contributed by atoms with Crippen LogP contribution < -0.4 is 5.32 Å². The van der Waals surface area contributed by atoms with Crippen LogP contribution in [0.1, 0.15) is 67.7 Å². The molecule has 144 valence electrons. The van der Waals surface area contributed by atoms with Gasteiger partial charge in [-0.05, 0) is 39.5 Å². The molecule has 1 heterocycles. The molecule has 1 amide bonds. The first-order valence-corrected chi connectivity index (χ1v) is 8.80. The summed E-state index contributed by atoms with van der Waals surface area (Å²) >= 11 is 0. The van der Waals surface area contributed by atoms with Gasteiger partial charge in [-0.15, -0.1) is 0 Å². The minimum Gasteiger partial charge on any atom is -0.444 e. The molecule has 1 fully saturated rings. The van der Waals surface area contributed by atoms with Crippen molar-refractivity contribution in [2.24, 2.45) is 11.8 Å². The van der Waals surface area contributed by atoms with Crippen LogP contribution in [-0.4, -0.2) is 35.5 Å². The van der Waals surface area contributed by atoms with Gasteiger partial charge in [-0.2, -0.15) is 0 Å². The van der Waals surface area contributed by atoms with Gasteiger partial charge in [0, 0.05) is 19.9 Å². The molecule has 2 atom stereocenters. The van der Waals surface area contributed by atoms with Crippen LogP contribution in [0, 0.1) is 11.8 Å². The fourth-order valence-corrected chi connectivity index (χ4v) is 2.57. The third kappa shape index (κ3) is 6.92. The zero-order valence-corrected chi connectivity index (χ0v) is 16.3. The Kier molecular flexibility index (Phi) is 6.85. The number of carbonyl (C=O) groups is 3. The molecule has 0 bridgehead atoms. The highest BCUT2D eigenvalue weighted by atomic mass is 16.7. The van der Waals surface area contributed by atoms with Crippen molar-refractivity contribution in [2.45, 2.75) is 85.2 Å². The van der Waals surface area contributed by atoms with Gasteiger partial charge in [-0.25, -0.2) is 4.79 Å². The van der Waals surface area contributed by atoms with Gasteiger partial charge in [0.05, 0.1) is 0 Å². The number of amides is 1. The number of nitrogens with one attached hydrogen (secondary N) is 1. The molecular formula is C18H31NO6. The summed E-state index contributed by atoms with van der Waals surface area (Å²) in [6.07, 6.45) is 1.03. The lowest BCUT2D eigenvalue weighted by atomic mass is 9.91. The smallest absolute Gasteiger partial charge is 0.407 e. The Labute approximate surface area is 149 Å². The summed E-state index contributed by atoms with van der Waals surface area (Å²) in [4.78, 5) is 36.1. The topological polar surface area (TPSA) is 90.9 Å². The first-order valence-electron chi connectivity index (χ1n) is 8.80. The number of alkyl carbamates (subject to hydrolysis) is 1. The van der Waals surface area contributed by atoms with Gasteiger partial charge in [-0.3, -0.25) is 9.59 Å².